The van der Waals surface area contributed by atoms with Crippen molar-refractivity contribution >= 4 is 23.6 Å². The molecule has 3 amide bonds. The zero-order chi connectivity index (χ0) is 49.5. The smallest absolute Gasteiger partial charge is 0.433 e. The molecule has 0 atom stereocenters. The normalized spacial score (nSPS) is 12.1. The third kappa shape index (κ3) is 13.7. The van der Waals surface area contributed by atoms with Crippen molar-refractivity contribution in [1.29, 1.82) is 0 Å². The third-order valence-electron chi connectivity index (χ3n) is 10.4. The molecule has 360 valence electrons. The minimum Gasteiger partial charge on any atom is -0.453 e. The van der Waals surface area contributed by atoms with Crippen molar-refractivity contribution in [2.45, 2.75) is 40.0 Å². The van der Waals surface area contributed by atoms with Crippen LogP contribution in [0.4, 0.5) is 32.4 Å². The number of anilines is 1. The fourth-order valence-corrected chi connectivity index (χ4v) is 6.83. The number of nitrogens with zero attached hydrogens (tertiary/aromatic N) is 8. The van der Waals surface area contributed by atoms with Crippen LogP contribution in [0.15, 0.2) is 128 Å². The summed E-state index contributed by atoms with van der Waals surface area (Å²) < 4.78 is 71.4. The molecule has 0 spiro atoms. The molecule has 69 heavy (non-hydrogen) atoms. The second-order valence-electron chi connectivity index (χ2n) is 15.0. The molecule has 14 nitrogen and oxygen atoms in total. The number of benzene rings is 1. The minimum atomic E-state index is -4.66. The number of pyridine rings is 6. The summed E-state index contributed by atoms with van der Waals surface area (Å²) in [4.78, 5) is 64.3. The van der Waals surface area contributed by atoms with E-state index in [1.807, 2.05) is 49.9 Å². The van der Waals surface area contributed by atoms with Gasteiger partial charge < -0.3 is 25.2 Å². The number of halogens is 5. The average Bonchev–Trinajstić information content (AvgIpc) is 3.38. The van der Waals surface area contributed by atoms with E-state index in [9.17, 15) is 36.3 Å². The van der Waals surface area contributed by atoms with Gasteiger partial charge in [-0.05, 0) is 90.3 Å². The number of hydrogen-bond acceptors (Lipinski definition) is 11. The Hall–Kier alpha value is -8.22. The van der Waals surface area contributed by atoms with Crippen LogP contribution in [-0.2, 0) is 24.0 Å². The Morgan fingerprint density at radius 3 is 1.88 bits per heavy atom. The van der Waals surface area contributed by atoms with Gasteiger partial charge in [-0.15, -0.1) is 0 Å². The lowest BCUT2D eigenvalue weighted by Gasteiger charge is -2.35. The fourth-order valence-electron chi connectivity index (χ4n) is 6.83. The number of aryl methyl sites for hydroxylation is 1. The first-order valence-corrected chi connectivity index (χ1v) is 21.6. The van der Waals surface area contributed by atoms with Crippen molar-refractivity contribution in [2.24, 2.45) is 0 Å². The Bertz CT molecular complexity index is 2860. The first-order valence-electron chi connectivity index (χ1n) is 21.6. The monoisotopic (exact) mass is 950 g/mol. The quantitative estimate of drug-likeness (QED) is 0.125. The molecule has 0 unspecified atom stereocenters. The number of rotatable bonds is 10. The van der Waals surface area contributed by atoms with Gasteiger partial charge in [0.05, 0.1) is 31.2 Å². The van der Waals surface area contributed by atoms with Gasteiger partial charge in [0.1, 0.15) is 34.4 Å². The lowest BCUT2D eigenvalue weighted by Crippen LogP contribution is -2.48. The van der Waals surface area contributed by atoms with E-state index in [-0.39, 0.29) is 44.2 Å². The average molecular weight is 951 g/mol. The van der Waals surface area contributed by atoms with Gasteiger partial charge in [-0.1, -0.05) is 38.1 Å². The van der Waals surface area contributed by atoms with Crippen molar-refractivity contribution in [3.05, 3.63) is 174 Å². The number of methoxy groups -OCH3 is 1. The lowest BCUT2D eigenvalue weighted by molar-refractivity contribution is -0.141. The summed E-state index contributed by atoms with van der Waals surface area (Å²) in [5.41, 5.74) is 5.28. The summed E-state index contributed by atoms with van der Waals surface area (Å²) in [6.07, 6.45) is 3.85. The molecule has 1 aliphatic heterocycles. The predicted octanol–water partition coefficient (Wildman–Crippen LogP) is 9.62. The van der Waals surface area contributed by atoms with E-state index in [1.54, 1.807) is 66.1 Å². The van der Waals surface area contributed by atoms with Crippen molar-refractivity contribution in [3.63, 3.8) is 0 Å². The summed E-state index contributed by atoms with van der Waals surface area (Å²) in [5, 5.41) is 5.43. The van der Waals surface area contributed by atoms with E-state index in [4.69, 9.17) is 4.74 Å². The van der Waals surface area contributed by atoms with Gasteiger partial charge in [0, 0.05) is 88.9 Å². The molecule has 19 heteroatoms. The standard InChI is InChI=1S/C24H22F4N6O3.C24H19FN4O.C2H6.2H2/c1-37-23(36)34-8-6-33(7-9-34)17-2-3-19(30-14-17)22(35)32-13-15-10-18(25)21(31-12-15)16-4-5-29-20(11-16)24(26,27)28;1-16-11-18(9-10-26-16)19-5-7-22(27-13-19)15-29-24(30)23-8-6-20(14-28-23)17-3-2-4-21(25)12-17;1-2;;/h2-5,10-12,14H,6-9,13H2,1H3,(H,32,35);2-14H,15H2,1H3,(H,29,30);1-2H3;2*1H. The molecule has 2 N–H and O–H groups in total. The Morgan fingerprint density at radius 2 is 1.29 bits per heavy atom. The van der Waals surface area contributed by atoms with Crippen LogP contribution < -0.4 is 15.5 Å². The van der Waals surface area contributed by atoms with Crippen molar-refractivity contribution in [1.82, 2.24) is 45.4 Å². The van der Waals surface area contributed by atoms with Crippen molar-refractivity contribution < 1.29 is 43.9 Å². The van der Waals surface area contributed by atoms with Gasteiger partial charge in [0.25, 0.3) is 11.8 Å². The molecule has 0 aliphatic carbocycles. The van der Waals surface area contributed by atoms with Gasteiger partial charge in [-0.2, -0.15) is 13.2 Å². The van der Waals surface area contributed by atoms with Crippen LogP contribution in [0.3, 0.4) is 0 Å². The Labute approximate surface area is 397 Å². The van der Waals surface area contributed by atoms with Crippen LogP contribution >= 0.6 is 0 Å². The highest BCUT2D eigenvalue weighted by Crippen LogP contribution is 2.31. The maximum absolute atomic E-state index is 14.6. The van der Waals surface area contributed by atoms with E-state index in [0.717, 1.165) is 52.1 Å². The number of hydrogen-bond donors (Lipinski definition) is 2. The maximum atomic E-state index is 14.6. The number of amides is 3. The predicted molar refractivity (Wildman–Crippen MR) is 253 cm³/mol. The first kappa shape index (κ1) is 50.2. The summed E-state index contributed by atoms with van der Waals surface area (Å²) in [5.74, 6) is -1.93. The molecule has 1 aromatic carbocycles. The molecule has 0 radical (unpaired) electrons. The van der Waals surface area contributed by atoms with Gasteiger partial charge >= 0.3 is 12.3 Å². The lowest BCUT2D eigenvalue weighted by atomic mass is 10.1. The molecule has 8 rings (SSSR count). The Balaban J connectivity index is 0.000000295. The molecular weight excluding hydrogens is 900 g/mol. The van der Waals surface area contributed by atoms with E-state index in [1.165, 1.54) is 31.5 Å². The van der Waals surface area contributed by atoms with Crippen LogP contribution in [0, 0.1) is 18.6 Å². The Morgan fingerprint density at radius 1 is 0.652 bits per heavy atom. The van der Waals surface area contributed by atoms with Gasteiger partial charge in [0.2, 0.25) is 0 Å². The second kappa shape index (κ2) is 23.5. The highest BCUT2D eigenvalue weighted by molar-refractivity contribution is 5.93. The number of alkyl halides is 3. The molecule has 1 aliphatic rings. The second-order valence-corrected chi connectivity index (χ2v) is 15.0. The third-order valence-corrected chi connectivity index (χ3v) is 10.4. The number of ether oxygens (including phenoxy) is 1. The summed E-state index contributed by atoms with van der Waals surface area (Å²) in [6.45, 7) is 8.36. The van der Waals surface area contributed by atoms with E-state index in [0.29, 0.717) is 49.5 Å². The maximum Gasteiger partial charge on any atom is 0.433 e. The van der Waals surface area contributed by atoms with Crippen LogP contribution in [-0.4, -0.2) is 86.0 Å². The van der Waals surface area contributed by atoms with E-state index < -0.39 is 23.6 Å². The molecule has 1 fully saturated rings. The first-order chi connectivity index (χ1) is 33.2. The van der Waals surface area contributed by atoms with Gasteiger partial charge in [0.15, 0.2) is 0 Å². The van der Waals surface area contributed by atoms with Crippen LogP contribution in [0.25, 0.3) is 33.5 Å². The van der Waals surface area contributed by atoms with E-state index in [2.05, 4.69) is 40.5 Å². The Kier molecular flexibility index (Phi) is 17.1. The molecule has 6 aromatic heterocycles. The highest BCUT2D eigenvalue weighted by atomic mass is 19.4. The topological polar surface area (TPSA) is 168 Å². The molecule has 7 heterocycles. The minimum absolute atomic E-state index is 0. The van der Waals surface area contributed by atoms with Crippen LogP contribution in [0.1, 0.15) is 60.3 Å². The summed E-state index contributed by atoms with van der Waals surface area (Å²) in [6, 6.07) is 23.8. The van der Waals surface area contributed by atoms with Crippen molar-refractivity contribution in [2.75, 3.05) is 38.2 Å². The summed E-state index contributed by atoms with van der Waals surface area (Å²) in [7, 11) is 1.34. The summed E-state index contributed by atoms with van der Waals surface area (Å²) >= 11 is 0. The largest absolute Gasteiger partial charge is 0.453 e. The number of carbonyl (C=O) groups excluding carboxylic acids is 3. The zero-order valence-electron chi connectivity index (χ0n) is 38.0. The SMILES string of the molecule is CC.COC(=O)N1CCN(c2ccc(C(=O)NCc3cnc(-c4ccnc(C(F)(F)F)c4)c(F)c3)nc2)CC1.Cc1cc(-c2ccc(CNC(=O)c3ccc(-c4cccc(F)c4)cn3)nc2)ccn1.[HH].[HH]. The highest BCUT2D eigenvalue weighted by Gasteiger charge is 2.33. The van der Waals surface area contributed by atoms with Crippen molar-refractivity contribution in [3.8, 4) is 33.5 Å². The number of nitrogens with one attached hydrogen (secondary N) is 2. The van der Waals surface area contributed by atoms with E-state index >= 15 is 0 Å². The molecular formula is C50H51F5N10O4. The molecule has 0 saturated carbocycles. The fraction of sp³-hybridized carbons (Fsp3) is 0.220. The van der Waals surface area contributed by atoms with Crippen LogP contribution in [0.2, 0.25) is 0 Å². The molecule has 1 saturated heterocycles. The van der Waals surface area contributed by atoms with Gasteiger partial charge in [-0.25, -0.2) is 18.6 Å². The molecule has 0 bridgehead atoms. The number of carbonyl (C=O) groups is 3. The number of aromatic nitrogens is 6. The zero-order valence-corrected chi connectivity index (χ0v) is 38.0. The number of piperazine rings is 1. The van der Waals surface area contributed by atoms with Crippen LogP contribution in [0.5, 0.6) is 0 Å². The molecule has 7 aromatic rings. The van der Waals surface area contributed by atoms with Gasteiger partial charge in [-0.3, -0.25) is 34.5 Å².